The Morgan fingerprint density at radius 3 is 3.06 bits per heavy atom. The quantitative estimate of drug-likeness (QED) is 0.811. The molecule has 0 atom stereocenters. The smallest absolute Gasteiger partial charge is 0.330 e. The summed E-state index contributed by atoms with van der Waals surface area (Å²) in [5.74, 6) is 0.104. The van der Waals surface area contributed by atoms with Crippen LogP contribution in [0.4, 0.5) is 5.69 Å². The first-order chi connectivity index (χ1) is 8.74. The Bertz CT molecular complexity index is 606. The van der Waals surface area contributed by atoms with Gasteiger partial charge in [0.05, 0.1) is 12.9 Å². The SMILES string of the molecule is Cc1ccoc1C(=O)Nc1ccc2c(c1)[B]OC2. The van der Waals surface area contributed by atoms with Crippen LogP contribution in [0.1, 0.15) is 21.7 Å². The summed E-state index contributed by atoms with van der Waals surface area (Å²) >= 11 is 0. The van der Waals surface area contributed by atoms with Crippen molar-refractivity contribution in [3.05, 3.63) is 47.4 Å². The van der Waals surface area contributed by atoms with Crippen molar-refractivity contribution in [1.82, 2.24) is 0 Å². The predicted octanol–water partition coefficient (Wildman–Crippen LogP) is 1.62. The maximum absolute atomic E-state index is 11.9. The Morgan fingerprint density at radius 1 is 1.39 bits per heavy atom. The summed E-state index contributed by atoms with van der Waals surface area (Å²) < 4.78 is 10.4. The number of aryl methyl sites for hydroxylation is 1. The number of anilines is 1. The summed E-state index contributed by atoms with van der Waals surface area (Å²) in [7, 11) is 1.70. The summed E-state index contributed by atoms with van der Waals surface area (Å²) in [4.78, 5) is 11.9. The van der Waals surface area contributed by atoms with Crippen molar-refractivity contribution in [3.8, 4) is 0 Å². The molecule has 0 aliphatic carbocycles. The molecule has 0 spiro atoms. The average Bonchev–Trinajstić information content (AvgIpc) is 2.96. The molecule has 1 aromatic heterocycles. The number of fused-ring (bicyclic) bond motifs is 1. The normalized spacial score (nSPS) is 12.9. The number of amides is 1. The molecular formula is C13H11BNO3. The molecule has 2 aromatic rings. The number of benzene rings is 1. The summed E-state index contributed by atoms with van der Waals surface area (Å²) in [6, 6.07) is 7.46. The van der Waals surface area contributed by atoms with Crippen LogP contribution in [0.3, 0.4) is 0 Å². The molecule has 4 nitrogen and oxygen atoms in total. The molecule has 1 aromatic carbocycles. The number of carbonyl (C=O) groups excluding carboxylic acids is 1. The van der Waals surface area contributed by atoms with Crippen LogP contribution >= 0.6 is 0 Å². The molecule has 1 N–H and O–H groups in total. The van der Waals surface area contributed by atoms with Gasteiger partial charge in [-0.25, -0.2) is 0 Å². The van der Waals surface area contributed by atoms with Crippen molar-refractivity contribution < 1.29 is 13.9 Å². The zero-order valence-electron chi connectivity index (χ0n) is 9.90. The van der Waals surface area contributed by atoms with Crippen LogP contribution < -0.4 is 10.8 Å². The zero-order valence-corrected chi connectivity index (χ0v) is 9.90. The van der Waals surface area contributed by atoms with E-state index in [-0.39, 0.29) is 5.91 Å². The molecule has 1 amide bonds. The van der Waals surface area contributed by atoms with Gasteiger partial charge in [0.15, 0.2) is 5.76 Å². The number of nitrogens with one attached hydrogen (secondary N) is 1. The molecule has 1 aliphatic heterocycles. The van der Waals surface area contributed by atoms with Crippen LogP contribution in [-0.4, -0.2) is 13.4 Å². The standard InChI is InChI=1S/C13H11BNO3/c1-8-4-5-17-12(8)13(16)15-10-3-2-9-7-18-14-11(9)6-10/h2-6H,7H2,1H3,(H,15,16). The van der Waals surface area contributed by atoms with Gasteiger partial charge in [0.25, 0.3) is 5.91 Å². The highest BCUT2D eigenvalue weighted by atomic mass is 16.4. The number of rotatable bonds is 2. The lowest BCUT2D eigenvalue weighted by Crippen LogP contribution is -2.16. The van der Waals surface area contributed by atoms with Gasteiger partial charge in [-0.3, -0.25) is 4.79 Å². The minimum atomic E-state index is -0.239. The zero-order chi connectivity index (χ0) is 12.5. The van der Waals surface area contributed by atoms with Crippen LogP contribution in [0.15, 0.2) is 34.9 Å². The number of furan rings is 1. The molecule has 89 valence electrons. The molecular weight excluding hydrogens is 229 g/mol. The van der Waals surface area contributed by atoms with E-state index >= 15 is 0 Å². The monoisotopic (exact) mass is 240 g/mol. The molecule has 3 rings (SSSR count). The third kappa shape index (κ3) is 1.93. The van der Waals surface area contributed by atoms with Gasteiger partial charge >= 0.3 is 7.48 Å². The van der Waals surface area contributed by atoms with E-state index in [1.54, 1.807) is 13.5 Å². The molecule has 1 radical (unpaired) electrons. The summed E-state index contributed by atoms with van der Waals surface area (Å²) in [6.07, 6.45) is 1.51. The predicted molar refractivity (Wildman–Crippen MR) is 68.0 cm³/mol. The van der Waals surface area contributed by atoms with E-state index in [0.29, 0.717) is 12.4 Å². The maximum atomic E-state index is 11.9. The second-order valence-corrected chi connectivity index (χ2v) is 4.23. The molecule has 0 saturated heterocycles. The Kier molecular flexibility index (Phi) is 2.68. The van der Waals surface area contributed by atoms with Crippen LogP contribution in [0, 0.1) is 6.92 Å². The largest absolute Gasteiger partial charge is 0.459 e. The van der Waals surface area contributed by atoms with E-state index in [1.807, 2.05) is 25.1 Å². The average molecular weight is 240 g/mol. The highest BCUT2D eigenvalue weighted by molar-refractivity contribution is 6.49. The fourth-order valence-corrected chi connectivity index (χ4v) is 1.93. The molecule has 1 aliphatic rings. The summed E-state index contributed by atoms with van der Waals surface area (Å²) in [6.45, 7) is 2.43. The lowest BCUT2D eigenvalue weighted by molar-refractivity contribution is 0.0996. The highest BCUT2D eigenvalue weighted by Crippen LogP contribution is 2.15. The number of hydrogen-bond donors (Lipinski definition) is 1. The number of carbonyl (C=O) groups is 1. The van der Waals surface area contributed by atoms with Crippen LogP contribution in [0.5, 0.6) is 0 Å². The fraction of sp³-hybridized carbons (Fsp3) is 0.154. The Hall–Kier alpha value is -2.01. The van der Waals surface area contributed by atoms with E-state index in [4.69, 9.17) is 9.07 Å². The van der Waals surface area contributed by atoms with Gasteiger partial charge in [0, 0.05) is 11.3 Å². The third-order valence-corrected chi connectivity index (χ3v) is 2.92. The first-order valence-electron chi connectivity index (χ1n) is 5.67. The van der Waals surface area contributed by atoms with Crippen LogP contribution in [0.2, 0.25) is 0 Å². The number of hydrogen-bond acceptors (Lipinski definition) is 3. The second-order valence-electron chi connectivity index (χ2n) is 4.23. The molecule has 18 heavy (non-hydrogen) atoms. The Balaban J connectivity index is 1.81. The first kappa shape index (κ1) is 11.1. The first-order valence-corrected chi connectivity index (χ1v) is 5.67. The van der Waals surface area contributed by atoms with E-state index in [2.05, 4.69) is 5.32 Å². The van der Waals surface area contributed by atoms with Gasteiger partial charge in [-0.2, -0.15) is 0 Å². The summed E-state index contributed by atoms with van der Waals surface area (Å²) in [5, 5.41) is 2.81. The van der Waals surface area contributed by atoms with Crippen LogP contribution in [0.25, 0.3) is 0 Å². The maximum Gasteiger partial charge on any atom is 0.330 e. The molecule has 0 unspecified atom stereocenters. The Labute approximate surface area is 105 Å². The topological polar surface area (TPSA) is 51.5 Å². The van der Waals surface area contributed by atoms with Crippen LogP contribution in [-0.2, 0) is 11.3 Å². The van der Waals surface area contributed by atoms with E-state index in [9.17, 15) is 4.79 Å². The lowest BCUT2D eigenvalue weighted by Gasteiger charge is -2.05. The van der Waals surface area contributed by atoms with E-state index < -0.39 is 0 Å². The van der Waals surface area contributed by atoms with E-state index in [0.717, 1.165) is 22.3 Å². The fourth-order valence-electron chi connectivity index (χ4n) is 1.93. The minimum absolute atomic E-state index is 0.239. The van der Waals surface area contributed by atoms with Gasteiger partial charge in [-0.1, -0.05) is 6.07 Å². The molecule has 0 fully saturated rings. The van der Waals surface area contributed by atoms with Crippen molar-refractivity contribution in [2.45, 2.75) is 13.5 Å². The minimum Gasteiger partial charge on any atom is -0.459 e. The highest BCUT2D eigenvalue weighted by Gasteiger charge is 2.16. The molecule has 5 heteroatoms. The van der Waals surface area contributed by atoms with Crippen molar-refractivity contribution in [3.63, 3.8) is 0 Å². The van der Waals surface area contributed by atoms with Crippen molar-refractivity contribution in [1.29, 1.82) is 0 Å². The van der Waals surface area contributed by atoms with Crippen molar-refractivity contribution in [2.24, 2.45) is 0 Å². The lowest BCUT2D eigenvalue weighted by atomic mass is 9.87. The molecule has 2 heterocycles. The van der Waals surface area contributed by atoms with Gasteiger partial charge in [0.2, 0.25) is 0 Å². The third-order valence-electron chi connectivity index (χ3n) is 2.92. The van der Waals surface area contributed by atoms with E-state index in [1.165, 1.54) is 6.26 Å². The van der Waals surface area contributed by atoms with Gasteiger partial charge in [-0.15, -0.1) is 0 Å². The molecule has 0 saturated carbocycles. The summed E-state index contributed by atoms with van der Waals surface area (Å²) in [5.41, 5.74) is 3.69. The van der Waals surface area contributed by atoms with Crippen molar-refractivity contribution in [2.75, 3.05) is 5.32 Å². The van der Waals surface area contributed by atoms with Gasteiger partial charge < -0.3 is 14.4 Å². The van der Waals surface area contributed by atoms with Gasteiger partial charge in [-0.05, 0) is 36.1 Å². The molecule has 0 bridgehead atoms. The second kappa shape index (κ2) is 4.35. The Morgan fingerprint density at radius 2 is 2.28 bits per heavy atom. The van der Waals surface area contributed by atoms with Crippen molar-refractivity contribution >= 4 is 24.5 Å². The van der Waals surface area contributed by atoms with Gasteiger partial charge in [0.1, 0.15) is 0 Å².